The number of rotatable bonds is 2. The molecule has 3 nitrogen and oxygen atoms in total. The molecule has 1 aromatic rings. The van der Waals surface area contributed by atoms with E-state index in [0.717, 1.165) is 13.0 Å². The summed E-state index contributed by atoms with van der Waals surface area (Å²) in [4.78, 5) is 6.58. The Morgan fingerprint density at radius 3 is 2.69 bits per heavy atom. The Balaban J connectivity index is 2.26. The Morgan fingerprint density at radius 2 is 2.06 bits per heavy atom. The maximum atomic E-state index is 6.28. The van der Waals surface area contributed by atoms with Gasteiger partial charge in [-0.2, -0.15) is 0 Å². The Bertz CT molecular complexity index is 323. The first kappa shape index (κ1) is 11.6. The predicted octanol–water partition coefficient (Wildman–Crippen LogP) is 1.95. The summed E-state index contributed by atoms with van der Waals surface area (Å²) in [6.45, 7) is 5.64. The van der Waals surface area contributed by atoms with E-state index >= 15 is 0 Å². The van der Waals surface area contributed by atoms with Gasteiger partial charge in [0.25, 0.3) is 0 Å². The lowest BCUT2D eigenvalue weighted by atomic mass is 9.90. The van der Waals surface area contributed by atoms with Crippen LogP contribution in [0.5, 0.6) is 0 Å². The summed E-state index contributed by atoms with van der Waals surface area (Å²) < 4.78 is 0. The highest BCUT2D eigenvalue weighted by Gasteiger charge is 2.31. The zero-order valence-electron chi connectivity index (χ0n) is 10.1. The molecular formula is C13H21N3. The monoisotopic (exact) mass is 219 g/mol. The molecule has 1 saturated heterocycles. The van der Waals surface area contributed by atoms with E-state index in [-0.39, 0.29) is 6.04 Å². The van der Waals surface area contributed by atoms with Gasteiger partial charge in [0, 0.05) is 24.5 Å². The second kappa shape index (κ2) is 4.93. The first-order chi connectivity index (χ1) is 7.70. The van der Waals surface area contributed by atoms with Gasteiger partial charge in [-0.25, -0.2) is 0 Å². The maximum absolute atomic E-state index is 6.28. The van der Waals surface area contributed by atoms with Gasteiger partial charge in [-0.1, -0.05) is 0 Å². The van der Waals surface area contributed by atoms with Crippen LogP contribution in [0.3, 0.4) is 0 Å². The molecule has 2 unspecified atom stereocenters. The normalized spacial score (nSPS) is 27.2. The zero-order chi connectivity index (χ0) is 11.5. The highest BCUT2D eigenvalue weighted by atomic mass is 15.2. The fourth-order valence-electron chi connectivity index (χ4n) is 2.63. The van der Waals surface area contributed by atoms with Crippen molar-refractivity contribution in [2.75, 3.05) is 6.54 Å². The molecule has 0 aliphatic carbocycles. The second-order valence-electron chi connectivity index (χ2n) is 4.86. The Morgan fingerprint density at radius 1 is 1.38 bits per heavy atom. The zero-order valence-corrected chi connectivity index (χ0v) is 10.1. The Hall–Kier alpha value is -0.930. The van der Waals surface area contributed by atoms with Gasteiger partial charge in [0.1, 0.15) is 0 Å². The summed E-state index contributed by atoms with van der Waals surface area (Å²) in [6, 6.07) is 5.33. The maximum Gasteiger partial charge on any atom is 0.0502 e. The van der Waals surface area contributed by atoms with Gasteiger partial charge in [-0.15, -0.1) is 0 Å². The van der Waals surface area contributed by atoms with E-state index in [1.807, 2.05) is 12.4 Å². The molecule has 0 radical (unpaired) electrons. The van der Waals surface area contributed by atoms with Gasteiger partial charge in [0.2, 0.25) is 0 Å². The summed E-state index contributed by atoms with van der Waals surface area (Å²) in [5, 5.41) is 0. The largest absolute Gasteiger partial charge is 0.326 e. The van der Waals surface area contributed by atoms with Crippen LogP contribution in [0.4, 0.5) is 0 Å². The molecule has 1 aromatic heterocycles. The van der Waals surface area contributed by atoms with Crippen LogP contribution in [-0.2, 0) is 0 Å². The van der Waals surface area contributed by atoms with Gasteiger partial charge in [-0.05, 0) is 50.9 Å². The van der Waals surface area contributed by atoms with E-state index in [1.54, 1.807) is 0 Å². The number of nitrogens with zero attached hydrogens (tertiary/aromatic N) is 2. The Kier molecular flexibility index (Phi) is 3.56. The SMILES string of the molecule is CC(C)N1CCCC(N)C1c1ccncc1. The second-order valence-corrected chi connectivity index (χ2v) is 4.86. The van der Waals surface area contributed by atoms with Crippen molar-refractivity contribution >= 4 is 0 Å². The van der Waals surface area contributed by atoms with Crippen LogP contribution in [0.2, 0.25) is 0 Å². The molecule has 0 amide bonds. The average Bonchev–Trinajstić information content (AvgIpc) is 2.29. The van der Waals surface area contributed by atoms with Crippen molar-refractivity contribution in [3.63, 3.8) is 0 Å². The van der Waals surface area contributed by atoms with E-state index < -0.39 is 0 Å². The van der Waals surface area contributed by atoms with Gasteiger partial charge >= 0.3 is 0 Å². The molecule has 0 spiro atoms. The van der Waals surface area contributed by atoms with Crippen LogP contribution in [-0.4, -0.2) is 28.5 Å². The summed E-state index contributed by atoms with van der Waals surface area (Å²) >= 11 is 0. The number of hydrogen-bond acceptors (Lipinski definition) is 3. The van der Waals surface area contributed by atoms with E-state index in [1.165, 1.54) is 12.0 Å². The molecule has 1 fully saturated rings. The fraction of sp³-hybridized carbons (Fsp3) is 0.615. The first-order valence-corrected chi connectivity index (χ1v) is 6.11. The van der Waals surface area contributed by atoms with Crippen molar-refractivity contribution in [3.05, 3.63) is 30.1 Å². The van der Waals surface area contributed by atoms with Crippen LogP contribution >= 0.6 is 0 Å². The molecule has 0 saturated carbocycles. The number of pyridine rings is 1. The molecule has 1 aliphatic rings. The molecule has 2 heterocycles. The number of aromatic nitrogens is 1. The van der Waals surface area contributed by atoms with Crippen molar-refractivity contribution in [3.8, 4) is 0 Å². The summed E-state index contributed by atoms with van der Waals surface area (Å²) in [5.41, 5.74) is 7.58. The van der Waals surface area contributed by atoms with E-state index in [9.17, 15) is 0 Å². The summed E-state index contributed by atoms with van der Waals surface area (Å²) in [6.07, 6.45) is 6.04. The highest BCUT2D eigenvalue weighted by molar-refractivity contribution is 5.18. The van der Waals surface area contributed by atoms with Gasteiger partial charge in [0.05, 0.1) is 6.04 Å². The molecule has 3 heteroatoms. The molecule has 0 aromatic carbocycles. The van der Waals surface area contributed by atoms with Crippen molar-refractivity contribution in [2.24, 2.45) is 5.73 Å². The lowest BCUT2D eigenvalue weighted by Gasteiger charge is -2.42. The fourth-order valence-corrected chi connectivity index (χ4v) is 2.63. The van der Waals surface area contributed by atoms with Crippen LogP contribution in [0, 0.1) is 0 Å². The molecule has 2 atom stereocenters. The van der Waals surface area contributed by atoms with E-state index in [4.69, 9.17) is 5.73 Å². The van der Waals surface area contributed by atoms with E-state index in [2.05, 4.69) is 35.9 Å². The third-order valence-corrected chi connectivity index (χ3v) is 3.43. The van der Waals surface area contributed by atoms with Gasteiger partial charge < -0.3 is 5.73 Å². The average molecular weight is 219 g/mol. The smallest absolute Gasteiger partial charge is 0.0502 e. The molecule has 0 bridgehead atoms. The third-order valence-electron chi connectivity index (χ3n) is 3.43. The van der Waals surface area contributed by atoms with Crippen LogP contribution in [0.25, 0.3) is 0 Å². The quantitative estimate of drug-likeness (QED) is 0.826. The minimum absolute atomic E-state index is 0.249. The minimum Gasteiger partial charge on any atom is -0.326 e. The van der Waals surface area contributed by atoms with Gasteiger partial charge in [-0.3, -0.25) is 9.88 Å². The van der Waals surface area contributed by atoms with Crippen LogP contribution in [0.15, 0.2) is 24.5 Å². The molecule has 1 aliphatic heterocycles. The first-order valence-electron chi connectivity index (χ1n) is 6.11. The van der Waals surface area contributed by atoms with Crippen molar-refractivity contribution in [1.29, 1.82) is 0 Å². The molecular weight excluding hydrogens is 198 g/mol. The number of hydrogen-bond donors (Lipinski definition) is 1. The summed E-state index contributed by atoms with van der Waals surface area (Å²) in [7, 11) is 0. The Labute approximate surface area is 97.7 Å². The molecule has 88 valence electrons. The van der Waals surface area contributed by atoms with Crippen LogP contribution in [0.1, 0.15) is 38.3 Å². The topological polar surface area (TPSA) is 42.1 Å². The summed E-state index contributed by atoms with van der Waals surface area (Å²) in [5.74, 6) is 0. The van der Waals surface area contributed by atoms with Crippen molar-refractivity contribution in [2.45, 2.75) is 44.8 Å². The van der Waals surface area contributed by atoms with E-state index in [0.29, 0.717) is 12.1 Å². The standard InChI is InChI=1S/C13H21N3/c1-10(2)16-9-3-4-12(14)13(16)11-5-7-15-8-6-11/h5-8,10,12-13H,3-4,9,14H2,1-2H3. The minimum atomic E-state index is 0.249. The lowest BCUT2D eigenvalue weighted by molar-refractivity contribution is 0.0946. The van der Waals surface area contributed by atoms with Crippen molar-refractivity contribution in [1.82, 2.24) is 9.88 Å². The van der Waals surface area contributed by atoms with Crippen LogP contribution < -0.4 is 5.73 Å². The van der Waals surface area contributed by atoms with Gasteiger partial charge in [0.15, 0.2) is 0 Å². The number of piperidine rings is 1. The predicted molar refractivity (Wildman–Crippen MR) is 66.0 cm³/mol. The lowest BCUT2D eigenvalue weighted by Crippen LogP contribution is -2.48. The number of nitrogens with two attached hydrogens (primary N) is 1. The molecule has 2 N–H and O–H groups in total. The molecule has 16 heavy (non-hydrogen) atoms. The van der Waals surface area contributed by atoms with Crippen molar-refractivity contribution < 1.29 is 0 Å². The number of likely N-dealkylation sites (tertiary alicyclic amines) is 1. The third kappa shape index (κ3) is 2.25. The highest BCUT2D eigenvalue weighted by Crippen LogP contribution is 2.31. The molecule has 2 rings (SSSR count).